The Morgan fingerprint density at radius 2 is 2.25 bits per heavy atom. The minimum absolute atomic E-state index is 0.303. The maximum absolute atomic E-state index is 9.37. The molecule has 1 radical (unpaired) electrons. The van der Waals surface area contributed by atoms with Gasteiger partial charge in [0.05, 0.1) is 6.61 Å². The molecule has 0 N–H and O–H groups in total. The van der Waals surface area contributed by atoms with Gasteiger partial charge in [0.15, 0.2) is 0 Å². The van der Waals surface area contributed by atoms with E-state index in [0.29, 0.717) is 19.8 Å². The zero-order valence-electron chi connectivity index (χ0n) is 4.85. The highest BCUT2D eigenvalue weighted by Crippen LogP contribution is 1.72. The van der Waals surface area contributed by atoms with Gasteiger partial charge in [-0.15, -0.1) is 0 Å². The fourth-order valence-electron chi connectivity index (χ4n) is 0.287. The third-order valence-electron chi connectivity index (χ3n) is 0.593. The van der Waals surface area contributed by atoms with Crippen molar-refractivity contribution in [2.75, 3.05) is 19.8 Å². The van der Waals surface area contributed by atoms with Crippen LogP contribution in [0.4, 0.5) is 0 Å². The molecule has 0 aromatic rings. The van der Waals surface area contributed by atoms with E-state index in [2.05, 4.69) is 4.74 Å². The van der Waals surface area contributed by atoms with Crippen molar-refractivity contribution in [1.82, 2.24) is 0 Å². The number of ether oxygens (including phenoxy) is 2. The van der Waals surface area contributed by atoms with Crippen molar-refractivity contribution in [3.63, 3.8) is 0 Å². The van der Waals surface area contributed by atoms with Gasteiger partial charge in [0.2, 0.25) is 0 Å². The van der Waals surface area contributed by atoms with E-state index < -0.39 is 0 Å². The Balaban J connectivity index is 2.62. The van der Waals surface area contributed by atoms with E-state index in [1.807, 2.05) is 6.92 Å². The maximum atomic E-state index is 9.37. The Bertz CT molecular complexity index is 53.6. The van der Waals surface area contributed by atoms with E-state index in [4.69, 9.17) is 4.74 Å². The minimum atomic E-state index is 0.303. The lowest BCUT2D eigenvalue weighted by Crippen LogP contribution is -2.01. The molecule has 0 fully saturated rings. The molecule has 0 amide bonds. The summed E-state index contributed by atoms with van der Waals surface area (Å²) < 4.78 is 9.04. The number of hydrogen-bond acceptors (Lipinski definition) is 3. The first-order chi connectivity index (χ1) is 3.91. The molecule has 0 atom stereocenters. The standard InChI is InChI=1S/C5H9O3/c1-2-7-3-4-8-5-6/h2-4H2,1H3. The second-order valence-corrected chi connectivity index (χ2v) is 1.13. The third-order valence-corrected chi connectivity index (χ3v) is 0.593. The lowest BCUT2D eigenvalue weighted by molar-refractivity contribution is 0.104. The zero-order valence-corrected chi connectivity index (χ0v) is 4.85. The van der Waals surface area contributed by atoms with Crippen molar-refractivity contribution in [3.8, 4) is 0 Å². The molecule has 0 aromatic heterocycles. The molecule has 8 heavy (non-hydrogen) atoms. The second-order valence-electron chi connectivity index (χ2n) is 1.13. The monoisotopic (exact) mass is 117 g/mol. The Morgan fingerprint density at radius 3 is 2.75 bits per heavy atom. The van der Waals surface area contributed by atoms with E-state index in [0.717, 1.165) is 0 Å². The molecule has 0 aliphatic heterocycles. The first kappa shape index (κ1) is 7.43. The molecule has 47 valence electrons. The molecule has 0 aromatic carbocycles. The van der Waals surface area contributed by atoms with Crippen LogP contribution in [-0.2, 0) is 14.3 Å². The van der Waals surface area contributed by atoms with Crippen molar-refractivity contribution >= 4 is 6.47 Å². The van der Waals surface area contributed by atoms with Crippen LogP contribution in [0.15, 0.2) is 0 Å². The Kier molecular flexibility index (Phi) is 5.97. The average molecular weight is 117 g/mol. The van der Waals surface area contributed by atoms with Crippen molar-refractivity contribution in [3.05, 3.63) is 0 Å². The summed E-state index contributed by atoms with van der Waals surface area (Å²) in [6.07, 6.45) is 0. The number of rotatable bonds is 5. The van der Waals surface area contributed by atoms with Crippen LogP contribution in [0.5, 0.6) is 0 Å². The van der Waals surface area contributed by atoms with Crippen LogP contribution in [0.1, 0.15) is 6.92 Å². The predicted octanol–water partition coefficient (Wildman–Crippen LogP) is 0.107. The number of hydrogen-bond donors (Lipinski definition) is 0. The zero-order chi connectivity index (χ0) is 6.24. The predicted molar refractivity (Wildman–Crippen MR) is 28.1 cm³/mol. The van der Waals surface area contributed by atoms with Crippen LogP contribution < -0.4 is 0 Å². The largest absolute Gasteiger partial charge is 0.455 e. The summed E-state index contributed by atoms with van der Waals surface area (Å²) in [4.78, 5) is 9.37. The van der Waals surface area contributed by atoms with Gasteiger partial charge in [0, 0.05) is 6.61 Å². The first-order valence-corrected chi connectivity index (χ1v) is 2.48. The van der Waals surface area contributed by atoms with Gasteiger partial charge in [0.1, 0.15) is 6.61 Å². The van der Waals surface area contributed by atoms with Crippen molar-refractivity contribution in [2.45, 2.75) is 6.92 Å². The topological polar surface area (TPSA) is 35.5 Å². The van der Waals surface area contributed by atoms with E-state index in [1.165, 1.54) is 6.47 Å². The summed E-state index contributed by atoms with van der Waals surface area (Å²) in [7, 11) is 0. The normalized spacial score (nSPS) is 8.62. The molecule has 0 unspecified atom stereocenters. The average Bonchev–Trinajstić information content (AvgIpc) is 1.81. The molecule has 3 nitrogen and oxygen atoms in total. The molecule has 0 aliphatic carbocycles. The lowest BCUT2D eigenvalue weighted by Gasteiger charge is -1.95. The fourth-order valence-corrected chi connectivity index (χ4v) is 0.287. The summed E-state index contributed by atoms with van der Waals surface area (Å²) in [5, 5.41) is 0. The fraction of sp³-hybridized carbons (Fsp3) is 0.800. The molecular weight excluding hydrogens is 108 g/mol. The van der Waals surface area contributed by atoms with Gasteiger partial charge in [-0.3, -0.25) is 0 Å². The molecule has 3 heteroatoms. The smallest absolute Gasteiger partial charge is 0.417 e. The van der Waals surface area contributed by atoms with Crippen molar-refractivity contribution in [2.24, 2.45) is 0 Å². The minimum Gasteiger partial charge on any atom is -0.455 e. The summed E-state index contributed by atoms with van der Waals surface area (Å²) in [5.74, 6) is 0. The van der Waals surface area contributed by atoms with Gasteiger partial charge in [-0.1, -0.05) is 0 Å². The van der Waals surface area contributed by atoms with Crippen LogP contribution in [0.2, 0.25) is 0 Å². The molecule has 0 spiro atoms. The summed E-state index contributed by atoms with van der Waals surface area (Å²) >= 11 is 0. The van der Waals surface area contributed by atoms with Gasteiger partial charge >= 0.3 is 6.47 Å². The highest BCUT2D eigenvalue weighted by molar-refractivity contribution is 5.37. The first-order valence-electron chi connectivity index (χ1n) is 2.48. The Morgan fingerprint density at radius 1 is 1.50 bits per heavy atom. The SMILES string of the molecule is CCOCCO[C]=O. The van der Waals surface area contributed by atoms with E-state index >= 15 is 0 Å². The summed E-state index contributed by atoms with van der Waals surface area (Å²) in [5.41, 5.74) is 0. The molecule has 0 saturated carbocycles. The lowest BCUT2D eigenvalue weighted by atomic mass is 10.7. The molecular formula is C5H9O3. The third kappa shape index (κ3) is 5.43. The molecule has 0 saturated heterocycles. The summed E-state index contributed by atoms with van der Waals surface area (Å²) in [6.45, 7) is 4.60. The van der Waals surface area contributed by atoms with Crippen molar-refractivity contribution in [1.29, 1.82) is 0 Å². The van der Waals surface area contributed by atoms with Gasteiger partial charge in [-0.25, -0.2) is 4.79 Å². The quantitative estimate of drug-likeness (QED) is 0.479. The van der Waals surface area contributed by atoms with E-state index in [9.17, 15) is 4.79 Å². The summed E-state index contributed by atoms with van der Waals surface area (Å²) in [6, 6.07) is 0. The van der Waals surface area contributed by atoms with Crippen molar-refractivity contribution < 1.29 is 14.3 Å². The van der Waals surface area contributed by atoms with E-state index in [1.54, 1.807) is 0 Å². The Labute approximate surface area is 48.6 Å². The Hall–Kier alpha value is -0.570. The van der Waals surface area contributed by atoms with Crippen LogP contribution >= 0.6 is 0 Å². The molecule has 0 bridgehead atoms. The van der Waals surface area contributed by atoms with Gasteiger partial charge in [0.25, 0.3) is 0 Å². The van der Waals surface area contributed by atoms with Gasteiger partial charge < -0.3 is 9.47 Å². The van der Waals surface area contributed by atoms with Crippen LogP contribution in [-0.4, -0.2) is 26.3 Å². The second kappa shape index (κ2) is 6.43. The number of carbonyl (C=O) groups excluding carboxylic acids is 1. The molecule has 0 heterocycles. The van der Waals surface area contributed by atoms with Crippen LogP contribution in [0.3, 0.4) is 0 Å². The highest BCUT2D eigenvalue weighted by Gasteiger charge is 1.82. The van der Waals surface area contributed by atoms with E-state index in [-0.39, 0.29) is 0 Å². The highest BCUT2D eigenvalue weighted by atomic mass is 16.5. The van der Waals surface area contributed by atoms with Gasteiger partial charge in [-0.05, 0) is 6.92 Å². The van der Waals surface area contributed by atoms with Gasteiger partial charge in [-0.2, -0.15) is 0 Å². The molecule has 0 aliphatic rings. The maximum Gasteiger partial charge on any atom is 0.417 e. The van der Waals surface area contributed by atoms with Crippen LogP contribution in [0.25, 0.3) is 0 Å². The van der Waals surface area contributed by atoms with Crippen LogP contribution in [0, 0.1) is 0 Å². The molecule has 0 rings (SSSR count).